The molecule has 1 N–H and O–H groups in total. The van der Waals surface area contributed by atoms with E-state index in [1.165, 1.54) is 12.8 Å². The molecule has 3 nitrogen and oxygen atoms in total. The normalized spacial score (nSPS) is 11.6. The molecule has 0 saturated carbocycles. The molecule has 0 aliphatic rings. The zero-order valence-electron chi connectivity index (χ0n) is 9.25. The third-order valence-corrected chi connectivity index (χ3v) is 2.27. The average molecular weight is 193 g/mol. The molecule has 0 saturated heterocycles. The van der Waals surface area contributed by atoms with Crippen LogP contribution in [0, 0.1) is 0 Å². The van der Waals surface area contributed by atoms with Gasteiger partial charge in [0.2, 0.25) is 0 Å². The zero-order chi connectivity index (χ0) is 10.4. The quantitative estimate of drug-likeness (QED) is 0.778. The van der Waals surface area contributed by atoms with Crippen LogP contribution in [0.25, 0.3) is 0 Å². The van der Waals surface area contributed by atoms with Crippen LogP contribution in [0.2, 0.25) is 0 Å². The Morgan fingerprint density at radius 1 is 1.43 bits per heavy atom. The smallest absolute Gasteiger partial charge is 0.115 e. The van der Waals surface area contributed by atoms with Gasteiger partial charge < -0.3 is 5.32 Å². The van der Waals surface area contributed by atoms with Gasteiger partial charge in [0.15, 0.2) is 0 Å². The van der Waals surface area contributed by atoms with Crippen LogP contribution in [-0.2, 0) is 6.54 Å². The molecule has 0 amide bonds. The first kappa shape index (κ1) is 11.1. The SMILES string of the molecule is CCCC(C)(C)NCc1ccncn1. The highest BCUT2D eigenvalue weighted by Crippen LogP contribution is 2.11. The average Bonchev–Trinajstić information content (AvgIpc) is 2.17. The van der Waals surface area contributed by atoms with E-state index in [1.807, 2.05) is 6.07 Å². The second kappa shape index (κ2) is 5.05. The Labute approximate surface area is 86.0 Å². The summed E-state index contributed by atoms with van der Waals surface area (Å²) in [7, 11) is 0. The largest absolute Gasteiger partial charge is 0.306 e. The molecule has 0 aliphatic heterocycles. The number of rotatable bonds is 5. The van der Waals surface area contributed by atoms with Gasteiger partial charge >= 0.3 is 0 Å². The minimum atomic E-state index is 0.194. The van der Waals surface area contributed by atoms with E-state index in [4.69, 9.17) is 0 Å². The predicted octanol–water partition coefficient (Wildman–Crippen LogP) is 2.14. The van der Waals surface area contributed by atoms with Crippen LogP contribution in [0.15, 0.2) is 18.6 Å². The first-order valence-electron chi connectivity index (χ1n) is 5.14. The molecule has 0 atom stereocenters. The van der Waals surface area contributed by atoms with Crippen LogP contribution in [-0.4, -0.2) is 15.5 Å². The van der Waals surface area contributed by atoms with Gasteiger partial charge in [-0.2, -0.15) is 0 Å². The maximum atomic E-state index is 4.17. The highest BCUT2D eigenvalue weighted by Gasteiger charge is 2.14. The molecule has 14 heavy (non-hydrogen) atoms. The van der Waals surface area contributed by atoms with Gasteiger partial charge in [0.05, 0.1) is 5.69 Å². The van der Waals surface area contributed by atoms with Crippen molar-refractivity contribution in [1.29, 1.82) is 0 Å². The second-order valence-corrected chi connectivity index (χ2v) is 4.19. The predicted molar refractivity (Wildman–Crippen MR) is 57.9 cm³/mol. The second-order valence-electron chi connectivity index (χ2n) is 4.19. The minimum absolute atomic E-state index is 0.194. The monoisotopic (exact) mass is 193 g/mol. The summed E-state index contributed by atoms with van der Waals surface area (Å²) in [6.07, 6.45) is 5.74. The van der Waals surface area contributed by atoms with E-state index in [-0.39, 0.29) is 5.54 Å². The molecule has 0 fully saturated rings. The van der Waals surface area contributed by atoms with Gasteiger partial charge in [-0.05, 0) is 26.3 Å². The van der Waals surface area contributed by atoms with E-state index < -0.39 is 0 Å². The Morgan fingerprint density at radius 2 is 2.21 bits per heavy atom. The highest BCUT2D eigenvalue weighted by atomic mass is 15.0. The molecule has 1 rings (SSSR count). The lowest BCUT2D eigenvalue weighted by Crippen LogP contribution is -2.38. The summed E-state index contributed by atoms with van der Waals surface area (Å²) < 4.78 is 0. The highest BCUT2D eigenvalue weighted by molar-refractivity contribution is 4.98. The summed E-state index contributed by atoms with van der Waals surface area (Å²) in [5.74, 6) is 0. The maximum Gasteiger partial charge on any atom is 0.115 e. The fourth-order valence-corrected chi connectivity index (χ4v) is 1.47. The number of nitrogens with one attached hydrogen (secondary N) is 1. The van der Waals surface area contributed by atoms with Crippen molar-refractivity contribution < 1.29 is 0 Å². The summed E-state index contributed by atoms with van der Waals surface area (Å²) in [6, 6.07) is 1.94. The number of nitrogens with zero attached hydrogens (tertiary/aromatic N) is 2. The molecule has 1 heterocycles. The number of hydrogen-bond donors (Lipinski definition) is 1. The summed E-state index contributed by atoms with van der Waals surface area (Å²) in [6.45, 7) is 7.46. The van der Waals surface area contributed by atoms with Gasteiger partial charge in [-0.3, -0.25) is 0 Å². The van der Waals surface area contributed by atoms with Crippen molar-refractivity contribution >= 4 is 0 Å². The minimum Gasteiger partial charge on any atom is -0.306 e. The van der Waals surface area contributed by atoms with Crippen molar-refractivity contribution in [3.05, 3.63) is 24.3 Å². The van der Waals surface area contributed by atoms with Gasteiger partial charge in [0.1, 0.15) is 6.33 Å². The molecule has 0 radical (unpaired) electrons. The van der Waals surface area contributed by atoms with Crippen molar-refractivity contribution in [3.8, 4) is 0 Å². The molecule has 0 aliphatic carbocycles. The van der Waals surface area contributed by atoms with Crippen LogP contribution in [0.3, 0.4) is 0 Å². The molecule has 0 spiro atoms. The summed E-state index contributed by atoms with van der Waals surface area (Å²) in [4.78, 5) is 8.06. The lowest BCUT2D eigenvalue weighted by Gasteiger charge is -2.25. The van der Waals surface area contributed by atoms with Gasteiger partial charge in [-0.15, -0.1) is 0 Å². The van der Waals surface area contributed by atoms with E-state index >= 15 is 0 Å². The van der Waals surface area contributed by atoms with Crippen LogP contribution < -0.4 is 5.32 Å². The van der Waals surface area contributed by atoms with Crippen molar-refractivity contribution in [2.45, 2.75) is 45.7 Å². The van der Waals surface area contributed by atoms with E-state index in [9.17, 15) is 0 Å². The summed E-state index contributed by atoms with van der Waals surface area (Å²) in [5.41, 5.74) is 1.24. The first-order valence-corrected chi connectivity index (χ1v) is 5.14. The molecule has 0 bridgehead atoms. The van der Waals surface area contributed by atoms with Gasteiger partial charge in [-0.1, -0.05) is 13.3 Å². The van der Waals surface area contributed by atoms with Crippen LogP contribution in [0.1, 0.15) is 39.3 Å². The van der Waals surface area contributed by atoms with Gasteiger partial charge in [-0.25, -0.2) is 9.97 Å². The Morgan fingerprint density at radius 3 is 2.79 bits per heavy atom. The lowest BCUT2D eigenvalue weighted by atomic mass is 9.99. The van der Waals surface area contributed by atoms with E-state index in [0.29, 0.717) is 0 Å². The van der Waals surface area contributed by atoms with Crippen LogP contribution in [0.4, 0.5) is 0 Å². The topological polar surface area (TPSA) is 37.8 Å². The molecular weight excluding hydrogens is 174 g/mol. The van der Waals surface area contributed by atoms with E-state index in [0.717, 1.165) is 12.2 Å². The third-order valence-electron chi connectivity index (χ3n) is 2.27. The van der Waals surface area contributed by atoms with Crippen molar-refractivity contribution in [2.75, 3.05) is 0 Å². The number of aromatic nitrogens is 2. The first-order chi connectivity index (χ1) is 6.64. The number of hydrogen-bond acceptors (Lipinski definition) is 3. The molecule has 1 aromatic heterocycles. The molecular formula is C11H19N3. The van der Waals surface area contributed by atoms with Crippen molar-refractivity contribution in [3.63, 3.8) is 0 Å². The fourth-order valence-electron chi connectivity index (χ4n) is 1.47. The van der Waals surface area contributed by atoms with E-state index in [1.54, 1.807) is 12.5 Å². The molecule has 3 heteroatoms. The maximum absolute atomic E-state index is 4.17. The van der Waals surface area contributed by atoms with Gasteiger partial charge in [0.25, 0.3) is 0 Å². The third kappa shape index (κ3) is 3.83. The molecule has 0 aromatic carbocycles. The molecule has 0 unspecified atom stereocenters. The van der Waals surface area contributed by atoms with Crippen LogP contribution >= 0.6 is 0 Å². The van der Waals surface area contributed by atoms with Crippen LogP contribution in [0.5, 0.6) is 0 Å². The molecule has 78 valence electrons. The van der Waals surface area contributed by atoms with Gasteiger partial charge in [0, 0.05) is 18.3 Å². The van der Waals surface area contributed by atoms with Crippen molar-refractivity contribution in [2.24, 2.45) is 0 Å². The van der Waals surface area contributed by atoms with Crippen molar-refractivity contribution in [1.82, 2.24) is 15.3 Å². The molecule has 1 aromatic rings. The summed E-state index contributed by atoms with van der Waals surface area (Å²) in [5, 5.41) is 3.49. The summed E-state index contributed by atoms with van der Waals surface area (Å²) >= 11 is 0. The Balaban J connectivity index is 2.40. The Bertz CT molecular complexity index is 256. The Kier molecular flexibility index (Phi) is 4.01. The van der Waals surface area contributed by atoms with E-state index in [2.05, 4.69) is 36.1 Å². The zero-order valence-corrected chi connectivity index (χ0v) is 9.25. The standard InChI is InChI=1S/C11H19N3/c1-4-6-11(2,3)14-8-10-5-7-12-9-13-10/h5,7,9,14H,4,6,8H2,1-3H3. The fraction of sp³-hybridized carbons (Fsp3) is 0.636. The lowest BCUT2D eigenvalue weighted by molar-refractivity contribution is 0.355. The Hall–Kier alpha value is -0.960.